The van der Waals surface area contributed by atoms with Crippen LogP contribution in [0.15, 0.2) is 72.3 Å². The van der Waals surface area contributed by atoms with E-state index in [2.05, 4.69) is 12.2 Å². The Bertz CT molecular complexity index is 352. The molecule has 0 atom stereocenters. The lowest BCUT2D eigenvalue weighted by Crippen LogP contribution is -1.91. The van der Waals surface area contributed by atoms with Crippen molar-refractivity contribution in [1.82, 2.24) is 0 Å². The predicted molar refractivity (Wildman–Crippen MR) is 63.0 cm³/mol. The standard InChI is InChI=1S/C14H14O/c1-2-6-10-13(9-5-1)15-14-11-7-3-4-8-12-14/h1-9,11H,10,12H2. The zero-order valence-electron chi connectivity index (χ0n) is 8.60. The lowest BCUT2D eigenvalue weighted by atomic mass is 10.3. The van der Waals surface area contributed by atoms with E-state index >= 15 is 0 Å². The van der Waals surface area contributed by atoms with Crippen LogP contribution in [0.3, 0.4) is 0 Å². The summed E-state index contributed by atoms with van der Waals surface area (Å²) in [6, 6.07) is 0. The van der Waals surface area contributed by atoms with Gasteiger partial charge >= 0.3 is 0 Å². The van der Waals surface area contributed by atoms with E-state index in [1.54, 1.807) is 0 Å². The summed E-state index contributed by atoms with van der Waals surface area (Å²) in [5.41, 5.74) is 0. The number of rotatable bonds is 2. The highest BCUT2D eigenvalue weighted by Gasteiger charge is 2.01. The van der Waals surface area contributed by atoms with Crippen LogP contribution in [0.1, 0.15) is 12.8 Å². The van der Waals surface area contributed by atoms with E-state index in [1.165, 1.54) is 0 Å². The number of hydrogen-bond acceptors (Lipinski definition) is 1. The second kappa shape index (κ2) is 5.20. The molecular weight excluding hydrogens is 184 g/mol. The summed E-state index contributed by atoms with van der Waals surface area (Å²) in [5.74, 6) is 1.99. The van der Waals surface area contributed by atoms with Gasteiger partial charge in [-0.3, -0.25) is 0 Å². The fourth-order valence-corrected chi connectivity index (χ4v) is 1.44. The lowest BCUT2D eigenvalue weighted by Gasteiger charge is -2.09. The molecule has 2 aliphatic carbocycles. The van der Waals surface area contributed by atoms with Crippen LogP contribution in [-0.4, -0.2) is 0 Å². The fraction of sp³-hybridized carbons (Fsp3) is 0.143. The third-order valence-electron chi connectivity index (χ3n) is 2.18. The molecule has 0 spiro atoms. The molecular formula is C14H14O. The highest BCUT2D eigenvalue weighted by Crippen LogP contribution is 2.17. The van der Waals surface area contributed by atoms with Crippen molar-refractivity contribution >= 4 is 0 Å². The van der Waals surface area contributed by atoms with Gasteiger partial charge in [0.15, 0.2) is 0 Å². The molecule has 2 aliphatic rings. The molecule has 2 rings (SSSR count). The van der Waals surface area contributed by atoms with Gasteiger partial charge in [-0.1, -0.05) is 48.6 Å². The van der Waals surface area contributed by atoms with Gasteiger partial charge in [0, 0.05) is 12.8 Å². The van der Waals surface area contributed by atoms with Crippen molar-refractivity contribution in [1.29, 1.82) is 0 Å². The molecule has 1 heteroatoms. The highest BCUT2D eigenvalue weighted by molar-refractivity contribution is 5.24. The van der Waals surface area contributed by atoms with Gasteiger partial charge in [0.2, 0.25) is 0 Å². The molecule has 0 aromatic rings. The van der Waals surface area contributed by atoms with Gasteiger partial charge in [-0.15, -0.1) is 0 Å². The normalized spacial score (nSPS) is 19.2. The third kappa shape index (κ3) is 3.13. The van der Waals surface area contributed by atoms with Crippen LogP contribution in [0.5, 0.6) is 0 Å². The first-order chi connectivity index (χ1) is 7.45. The van der Waals surface area contributed by atoms with Gasteiger partial charge in [-0.25, -0.2) is 0 Å². The maximum atomic E-state index is 5.81. The minimum Gasteiger partial charge on any atom is -0.465 e. The fourth-order valence-electron chi connectivity index (χ4n) is 1.44. The van der Waals surface area contributed by atoms with Crippen molar-refractivity contribution in [2.45, 2.75) is 12.8 Å². The third-order valence-corrected chi connectivity index (χ3v) is 2.18. The van der Waals surface area contributed by atoms with E-state index in [0.29, 0.717) is 0 Å². The first-order valence-electron chi connectivity index (χ1n) is 5.18. The van der Waals surface area contributed by atoms with Crippen molar-refractivity contribution in [3.8, 4) is 0 Å². The molecule has 0 saturated heterocycles. The number of ether oxygens (including phenoxy) is 1. The molecule has 0 radical (unpaired) electrons. The zero-order chi connectivity index (χ0) is 10.3. The Hall–Kier alpha value is -1.76. The molecule has 76 valence electrons. The maximum Gasteiger partial charge on any atom is 0.107 e. The molecule has 15 heavy (non-hydrogen) atoms. The van der Waals surface area contributed by atoms with Crippen LogP contribution in [0, 0.1) is 0 Å². The van der Waals surface area contributed by atoms with E-state index in [0.717, 1.165) is 24.4 Å². The van der Waals surface area contributed by atoms with Crippen LogP contribution in [0.4, 0.5) is 0 Å². The molecule has 0 aromatic heterocycles. The van der Waals surface area contributed by atoms with Gasteiger partial charge in [-0.05, 0) is 12.2 Å². The smallest absolute Gasteiger partial charge is 0.107 e. The van der Waals surface area contributed by atoms with Gasteiger partial charge in [0.1, 0.15) is 11.5 Å². The number of allylic oxidation sites excluding steroid dienone is 10. The summed E-state index contributed by atoms with van der Waals surface area (Å²) in [4.78, 5) is 0. The second-order valence-electron chi connectivity index (χ2n) is 3.40. The Labute approximate surface area is 90.4 Å². The van der Waals surface area contributed by atoms with Crippen molar-refractivity contribution in [2.75, 3.05) is 0 Å². The SMILES string of the molecule is C1=CC=C(OC2=CC=CC=CC2)CC=C1. The van der Waals surface area contributed by atoms with Gasteiger partial charge < -0.3 is 4.74 Å². The summed E-state index contributed by atoms with van der Waals surface area (Å²) in [7, 11) is 0. The van der Waals surface area contributed by atoms with E-state index < -0.39 is 0 Å². The van der Waals surface area contributed by atoms with Crippen LogP contribution in [0.25, 0.3) is 0 Å². The monoisotopic (exact) mass is 198 g/mol. The first-order valence-corrected chi connectivity index (χ1v) is 5.18. The minimum atomic E-state index is 0.859. The van der Waals surface area contributed by atoms with Gasteiger partial charge in [0.25, 0.3) is 0 Å². The van der Waals surface area contributed by atoms with Crippen LogP contribution in [0.2, 0.25) is 0 Å². The van der Waals surface area contributed by atoms with Crippen LogP contribution < -0.4 is 0 Å². The maximum absolute atomic E-state index is 5.81. The molecule has 0 N–H and O–H groups in total. The molecule has 0 aromatic carbocycles. The predicted octanol–water partition coefficient (Wildman–Crippen LogP) is 3.80. The second-order valence-corrected chi connectivity index (χ2v) is 3.40. The lowest BCUT2D eigenvalue weighted by molar-refractivity contribution is 0.292. The minimum absolute atomic E-state index is 0.859. The molecule has 0 aliphatic heterocycles. The summed E-state index contributed by atoms with van der Waals surface area (Å²) in [6.07, 6.45) is 22.0. The summed E-state index contributed by atoms with van der Waals surface area (Å²) in [6.45, 7) is 0. The molecule has 0 saturated carbocycles. The first kappa shape index (κ1) is 9.78. The van der Waals surface area contributed by atoms with E-state index in [1.807, 2.05) is 48.6 Å². The molecule has 0 amide bonds. The Kier molecular flexibility index (Phi) is 3.39. The summed E-state index contributed by atoms with van der Waals surface area (Å²) in [5, 5.41) is 0. The molecule has 0 bridgehead atoms. The van der Waals surface area contributed by atoms with Gasteiger partial charge in [0.05, 0.1) is 0 Å². The molecule has 0 heterocycles. The largest absolute Gasteiger partial charge is 0.465 e. The average molecular weight is 198 g/mol. The molecule has 1 nitrogen and oxygen atoms in total. The van der Waals surface area contributed by atoms with Crippen molar-refractivity contribution in [3.05, 3.63) is 72.3 Å². The Morgan fingerprint density at radius 3 is 1.73 bits per heavy atom. The average Bonchev–Trinajstić information content (AvgIpc) is 2.63. The van der Waals surface area contributed by atoms with Crippen molar-refractivity contribution in [2.24, 2.45) is 0 Å². The topological polar surface area (TPSA) is 9.23 Å². The highest BCUT2D eigenvalue weighted by atomic mass is 16.5. The van der Waals surface area contributed by atoms with E-state index in [9.17, 15) is 0 Å². The van der Waals surface area contributed by atoms with Crippen molar-refractivity contribution < 1.29 is 4.74 Å². The zero-order valence-corrected chi connectivity index (χ0v) is 8.60. The van der Waals surface area contributed by atoms with Crippen molar-refractivity contribution in [3.63, 3.8) is 0 Å². The van der Waals surface area contributed by atoms with Gasteiger partial charge in [-0.2, -0.15) is 0 Å². The van der Waals surface area contributed by atoms with E-state index in [4.69, 9.17) is 4.74 Å². The summed E-state index contributed by atoms with van der Waals surface area (Å²) < 4.78 is 5.81. The molecule has 0 fully saturated rings. The Balaban J connectivity index is 2.02. The Morgan fingerprint density at radius 2 is 1.20 bits per heavy atom. The van der Waals surface area contributed by atoms with Crippen LogP contribution >= 0.6 is 0 Å². The number of hydrogen-bond donors (Lipinski definition) is 0. The Morgan fingerprint density at radius 1 is 0.667 bits per heavy atom. The molecule has 0 unspecified atom stereocenters. The quantitative estimate of drug-likeness (QED) is 0.655. The van der Waals surface area contributed by atoms with E-state index in [-0.39, 0.29) is 0 Å². The summed E-state index contributed by atoms with van der Waals surface area (Å²) >= 11 is 0. The van der Waals surface area contributed by atoms with Crippen LogP contribution in [-0.2, 0) is 4.74 Å².